The number of hydrogen-bond donors (Lipinski definition) is 0. The predicted molar refractivity (Wildman–Crippen MR) is 76.5 cm³/mol. The number of Topliss-reactive ketones (excluding diaryl/α,β-unsaturated/α-hetero) is 1. The number of rotatable bonds is 2. The van der Waals surface area contributed by atoms with Gasteiger partial charge in [-0.1, -0.05) is 0 Å². The van der Waals surface area contributed by atoms with Gasteiger partial charge in [0.2, 0.25) is 0 Å². The third-order valence-corrected chi connectivity index (χ3v) is 7.48. The van der Waals surface area contributed by atoms with Crippen molar-refractivity contribution in [3.63, 3.8) is 0 Å². The second kappa shape index (κ2) is 5.60. The van der Waals surface area contributed by atoms with Crippen molar-refractivity contribution in [1.82, 2.24) is 0 Å². The van der Waals surface area contributed by atoms with Crippen molar-refractivity contribution in [1.29, 1.82) is 0 Å². The first-order valence-corrected chi connectivity index (χ1v) is 9.50. The molecule has 2 atom stereocenters. The Morgan fingerprint density at radius 2 is 1.83 bits per heavy atom. The Morgan fingerprint density at radius 1 is 1.22 bits per heavy atom. The van der Waals surface area contributed by atoms with Gasteiger partial charge in [-0.3, -0.25) is 0 Å². The first kappa shape index (κ1) is 13.9. The van der Waals surface area contributed by atoms with E-state index in [0.717, 1.165) is 4.47 Å². The van der Waals surface area contributed by atoms with Gasteiger partial charge in [0.05, 0.1) is 0 Å². The fourth-order valence-corrected chi connectivity index (χ4v) is 5.79. The van der Waals surface area contributed by atoms with Gasteiger partial charge >= 0.3 is 120 Å². The van der Waals surface area contributed by atoms with E-state index in [0.29, 0.717) is 17.3 Å². The molecule has 0 fully saturated rings. The van der Waals surface area contributed by atoms with E-state index in [9.17, 15) is 8.63 Å². The first-order chi connectivity index (χ1) is 8.49. The van der Waals surface area contributed by atoms with Crippen molar-refractivity contribution in [3.8, 4) is 0 Å². The second-order valence-corrected chi connectivity index (χ2v) is 8.96. The summed E-state index contributed by atoms with van der Waals surface area (Å²) >= 11 is 1.27. The minimum absolute atomic E-state index is 0.0364. The number of allylic oxidation sites excluding steroid dienone is 2. The van der Waals surface area contributed by atoms with Gasteiger partial charge in [0, 0.05) is 0 Å². The van der Waals surface area contributed by atoms with Gasteiger partial charge in [-0.25, -0.2) is 0 Å². The number of halogens is 1. The summed E-state index contributed by atoms with van der Waals surface area (Å²) in [6.07, 6.45) is 0.662. The molecule has 0 saturated carbocycles. The SMILES string of the molecule is CC1=C(C)C[Se](=O)C(C(=O)c2ccc(Br)cc2)C1. The molecule has 1 aromatic rings. The normalized spacial score (nSPS) is 24.2. The van der Waals surface area contributed by atoms with E-state index in [1.807, 2.05) is 26.0 Å². The van der Waals surface area contributed by atoms with E-state index in [1.54, 1.807) is 12.1 Å². The number of carbonyl (C=O) groups is 1. The Balaban J connectivity index is 2.25. The molecule has 0 aliphatic carbocycles. The van der Waals surface area contributed by atoms with Crippen molar-refractivity contribution in [2.45, 2.75) is 30.4 Å². The minimum atomic E-state index is -2.07. The van der Waals surface area contributed by atoms with E-state index in [-0.39, 0.29) is 10.6 Å². The third-order valence-electron chi connectivity index (χ3n) is 3.32. The molecule has 0 bridgehead atoms. The molecule has 18 heavy (non-hydrogen) atoms. The number of ketones is 1. The molecular formula is C14H15BrO2Se. The summed E-state index contributed by atoms with van der Waals surface area (Å²) in [5.74, 6) is 0.0364. The third kappa shape index (κ3) is 2.87. The standard InChI is InChI=1S/C14H15BrO2Se/c1-9-7-13(18(17)8-10(9)2)14(16)11-3-5-12(15)6-4-11/h3-6,13H,7-8H2,1-2H3. The van der Waals surface area contributed by atoms with Gasteiger partial charge in [-0.05, 0) is 0 Å². The fourth-order valence-electron chi connectivity index (χ4n) is 1.99. The average molecular weight is 374 g/mol. The van der Waals surface area contributed by atoms with Crippen LogP contribution in [0.2, 0.25) is 10.1 Å². The van der Waals surface area contributed by atoms with Gasteiger partial charge in [0.25, 0.3) is 0 Å². The molecule has 0 N–H and O–H groups in total. The Kier molecular flexibility index (Phi) is 4.31. The van der Waals surface area contributed by atoms with Gasteiger partial charge in [0.1, 0.15) is 0 Å². The Hall–Kier alpha value is -0.571. The zero-order chi connectivity index (χ0) is 13.3. The van der Waals surface area contributed by atoms with Gasteiger partial charge in [-0.2, -0.15) is 0 Å². The van der Waals surface area contributed by atoms with Crippen molar-refractivity contribution in [2.75, 3.05) is 0 Å². The summed E-state index contributed by atoms with van der Waals surface area (Å²) in [7, 11) is 0. The van der Waals surface area contributed by atoms with E-state index in [2.05, 4.69) is 15.9 Å². The van der Waals surface area contributed by atoms with Crippen LogP contribution in [-0.4, -0.2) is 19.6 Å². The van der Waals surface area contributed by atoms with Crippen molar-refractivity contribution in [2.24, 2.45) is 0 Å². The van der Waals surface area contributed by atoms with E-state index in [1.165, 1.54) is 11.1 Å². The molecule has 1 aliphatic heterocycles. The predicted octanol–water partition coefficient (Wildman–Crippen LogP) is 4.16. The van der Waals surface area contributed by atoms with E-state index >= 15 is 0 Å². The summed E-state index contributed by atoms with van der Waals surface area (Å²) in [4.78, 5) is 12.1. The summed E-state index contributed by atoms with van der Waals surface area (Å²) in [6.45, 7) is 4.05. The van der Waals surface area contributed by atoms with Gasteiger partial charge in [-0.15, -0.1) is 0 Å². The van der Waals surface area contributed by atoms with Crippen LogP contribution in [0, 0.1) is 0 Å². The van der Waals surface area contributed by atoms with Crippen molar-refractivity contribution < 1.29 is 8.63 Å². The molecule has 0 aromatic heterocycles. The van der Waals surface area contributed by atoms with Crippen LogP contribution in [0.15, 0.2) is 39.9 Å². The number of carbonyl (C=O) groups excluding carboxylic acids is 1. The molecule has 96 valence electrons. The van der Waals surface area contributed by atoms with Crippen LogP contribution in [-0.2, 0) is 3.83 Å². The van der Waals surface area contributed by atoms with Crippen LogP contribution in [0.3, 0.4) is 0 Å². The fraction of sp³-hybridized carbons (Fsp3) is 0.357. The van der Waals surface area contributed by atoms with E-state index in [4.69, 9.17) is 0 Å². The molecule has 0 amide bonds. The summed E-state index contributed by atoms with van der Waals surface area (Å²) < 4.78 is 13.1. The van der Waals surface area contributed by atoms with Crippen LogP contribution < -0.4 is 0 Å². The molecule has 4 heteroatoms. The Labute approximate surface area is 120 Å². The molecule has 2 unspecified atom stereocenters. The van der Waals surface area contributed by atoms with Crippen LogP contribution in [0.1, 0.15) is 30.6 Å². The van der Waals surface area contributed by atoms with Gasteiger partial charge in [0.15, 0.2) is 0 Å². The Morgan fingerprint density at radius 3 is 2.44 bits per heavy atom. The molecule has 1 heterocycles. The molecule has 1 aromatic carbocycles. The maximum absolute atomic E-state index is 12.4. The molecule has 0 saturated heterocycles. The van der Waals surface area contributed by atoms with E-state index < -0.39 is 13.8 Å². The number of hydrogen-bond acceptors (Lipinski definition) is 2. The van der Waals surface area contributed by atoms with Crippen molar-refractivity contribution >= 4 is 35.5 Å². The van der Waals surface area contributed by atoms with Crippen LogP contribution in [0.5, 0.6) is 0 Å². The molecule has 2 rings (SSSR count). The topological polar surface area (TPSA) is 34.1 Å². The zero-order valence-electron chi connectivity index (χ0n) is 10.4. The maximum atomic E-state index is 12.4. The molecule has 0 spiro atoms. The zero-order valence-corrected chi connectivity index (χ0v) is 13.7. The molecule has 2 nitrogen and oxygen atoms in total. The summed E-state index contributed by atoms with van der Waals surface area (Å²) in [5.41, 5.74) is 3.09. The average Bonchev–Trinajstić information content (AvgIpc) is 2.34. The second-order valence-electron chi connectivity index (χ2n) is 4.65. The summed E-state index contributed by atoms with van der Waals surface area (Å²) in [6, 6.07) is 7.30. The number of benzene rings is 1. The monoisotopic (exact) mass is 374 g/mol. The van der Waals surface area contributed by atoms with Crippen LogP contribution in [0.4, 0.5) is 0 Å². The molecule has 0 radical (unpaired) electrons. The van der Waals surface area contributed by atoms with Crippen LogP contribution in [0.25, 0.3) is 0 Å². The quantitative estimate of drug-likeness (QED) is 0.443. The van der Waals surface area contributed by atoms with Gasteiger partial charge < -0.3 is 0 Å². The molecule has 1 aliphatic rings. The van der Waals surface area contributed by atoms with Crippen LogP contribution >= 0.6 is 15.9 Å². The Bertz CT molecular complexity index is 531. The summed E-state index contributed by atoms with van der Waals surface area (Å²) in [5, 5.41) is 0.624. The first-order valence-electron chi connectivity index (χ1n) is 5.81. The van der Waals surface area contributed by atoms with Crippen molar-refractivity contribution in [3.05, 3.63) is 45.4 Å². The molecular weight excluding hydrogens is 359 g/mol.